The molecule has 0 spiro atoms. The number of phenolic OH excluding ortho intramolecular Hbond substituents is 1. The fourth-order valence-corrected chi connectivity index (χ4v) is 4.51. The molecule has 2 aromatic carbocycles. The van der Waals surface area contributed by atoms with E-state index in [2.05, 4.69) is 25.8 Å². The fourth-order valence-electron chi connectivity index (χ4n) is 4.16. The molecule has 0 bridgehead atoms. The van der Waals surface area contributed by atoms with Gasteiger partial charge in [0.1, 0.15) is 17.5 Å². The van der Waals surface area contributed by atoms with Crippen molar-refractivity contribution in [2.24, 2.45) is 0 Å². The minimum atomic E-state index is -0.144. The summed E-state index contributed by atoms with van der Waals surface area (Å²) in [7, 11) is 1.65. The Hall–Kier alpha value is -3.84. The number of hydrogen-bond acceptors (Lipinski definition) is 4. The van der Waals surface area contributed by atoms with Crippen molar-refractivity contribution in [3.8, 4) is 17.2 Å². The number of ether oxygens (including phenoxy) is 1. The third-order valence-corrected chi connectivity index (χ3v) is 5.97. The standard InChI is InChI=1S/C25H22N4O2S/c1-31-20-13-9-18(10-14-20)29-24(23(27-25(29)32)21-5-2-3-15-26-21)22-6-4-16-28(22)17-7-11-19(30)12-8-17/h2-16,23-24,30H,1H3,(H,27,32). The number of anilines is 1. The summed E-state index contributed by atoms with van der Waals surface area (Å²) in [4.78, 5) is 6.74. The number of aromatic nitrogens is 2. The van der Waals surface area contributed by atoms with Gasteiger partial charge in [-0.1, -0.05) is 6.07 Å². The molecule has 1 saturated heterocycles. The maximum Gasteiger partial charge on any atom is 0.174 e. The monoisotopic (exact) mass is 442 g/mol. The Balaban J connectivity index is 1.64. The Bertz CT molecular complexity index is 1220. The Morgan fingerprint density at radius 3 is 2.38 bits per heavy atom. The summed E-state index contributed by atoms with van der Waals surface area (Å²) in [6.45, 7) is 0. The molecule has 2 N–H and O–H groups in total. The number of pyridine rings is 1. The van der Waals surface area contributed by atoms with Gasteiger partial charge < -0.3 is 24.6 Å². The average molecular weight is 443 g/mol. The SMILES string of the molecule is COc1ccc(N2C(=S)NC(c3ccccn3)C2c2cccn2-c2ccc(O)cc2)cc1. The number of nitrogens with zero attached hydrogens (tertiary/aromatic N) is 3. The lowest BCUT2D eigenvalue weighted by Crippen LogP contribution is -2.30. The highest BCUT2D eigenvalue weighted by atomic mass is 32.1. The molecule has 1 aliphatic heterocycles. The third-order valence-electron chi connectivity index (χ3n) is 5.66. The highest BCUT2D eigenvalue weighted by Gasteiger charge is 2.42. The molecule has 5 rings (SSSR count). The van der Waals surface area contributed by atoms with Crippen LogP contribution in [0.15, 0.2) is 91.3 Å². The molecule has 2 unspecified atom stereocenters. The topological polar surface area (TPSA) is 62.5 Å². The van der Waals surface area contributed by atoms with Gasteiger partial charge in [0.25, 0.3) is 0 Å². The first-order chi connectivity index (χ1) is 15.7. The van der Waals surface area contributed by atoms with E-state index < -0.39 is 0 Å². The van der Waals surface area contributed by atoms with Crippen molar-refractivity contribution in [2.45, 2.75) is 12.1 Å². The van der Waals surface area contributed by atoms with Crippen molar-refractivity contribution >= 4 is 23.0 Å². The van der Waals surface area contributed by atoms with Crippen LogP contribution >= 0.6 is 12.2 Å². The van der Waals surface area contributed by atoms with Crippen molar-refractivity contribution in [3.05, 3.63) is 103 Å². The number of rotatable bonds is 5. The predicted octanol–water partition coefficient (Wildman–Crippen LogP) is 4.76. The maximum absolute atomic E-state index is 9.73. The first-order valence-electron chi connectivity index (χ1n) is 10.3. The number of methoxy groups -OCH3 is 1. The second-order valence-corrected chi connectivity index (χ2v) is 7.90. The van der Waals surface area contributed by atoms with Crippen LogP contribution in [-0.2, 0) is 0 Å². The van der Waals surface area contributed by atoms with Gasteiger partial charge in [0.15, 0.2) is 5.11 Å². The van der Waals surface area contributed by atoms with Crippen LogP contribution in [0.2, 0.25) is 0 Å². The molecule has 32 heavy (non-hydrogen) atoms. The first kappa shape index (κ1) is 20.1. The Labute approximate surface area is 191 Å². The normalized spacial score (nSPS) is 17.9. The van der Waals surface area contributed by atoms with E-state index in [0.29, 0.717) is 5.11 Å². The summed E-state index contributed by atoms with van der Waals surface area (Å²) in [5, 5.41) is 13.8. The Morgan fingerprint density at radius 1 is 0.938 bits per heavy atom. The molecule has 0 saturated carbocycles. The summed E-state index contributed by atoms with van der Waals surface area (Å²) >= 11 is 5.80. The van der Waals surface area contributed by atoms with Crippen LogP contribution in [0.4, 0.5) is 5.69 Å². The van der Waals surface area contributed by atoms with Crippen LogP contribution in [0.25, 0.3) is 5.69 Å². The van der Waals surface area contributed by atoms with Gasteiger partial charge in [0.2, 0.25) is 0 Å². The summed E-state index contributed by atoms with van der Waals surface area (Å²) in [6, 6.07) is 24.8. The molecule has 3 heterocycles. The maximum atomic E-state index is 9.73. The molecule has 0 aliphatic carbocycles. The zero-order valence-electron chi connectivity index (χ0n) is 17.4. The van der Waals surface area contributed by atoms with Crippen LogP contribution in [0.1, 0.15) is 23.5 Å². The number of thiocarbonyl (C=S) groups is 1. The zero-order valence-corrected chi connectivity index (χ0v) is 18.2. The van der Waals surface area contributed by atoms with Gasteiger partial charge in [-0.2, -0.15) is 0 Å². The van der Waals surface area contributed by atoms with Crippen molar-refractivity contribution in [2.75, 3.05) is 12.0 Å². The van der Waals surface area contributed by atoms with Gasteiger partial charge in [-0.15, -0.1) is 0 Å². The van der Waals surface area contributed by atoms with Gasteiger partial charge in [-0.3, -0.25) is 4.98 Å². The number of aromatic hydroxyl groups is 1. The van der Waals surface area contributed by atoms with E-state index in [1.54, 1.807) is 25.4 Å². The van der Waals surface area contributed by atoms with E-state index in [4.69, 9.17) is 17.0 Å². The molecule has 7 heteroatoms. The average Bonchev–Trinajstić information content (AvgIpc) is 3.44. The highest BCUT2D eigenvalue weighted by Crippen LogP contribution is 2.42. The third kappa shape index (κ3) is 3.56. The van der Waals surface area contributed by atoms with E-state index in [1.807, 2.05) is 66.9 Å². The number of benzene rings is 2. The number of phenols is 1. The van der Waals surface area contributed by atoms with Crippen molar-refractivity contribution in [3.63, 3.8) is 0 Å². The van der Waals surface area contributed by atoms with Gasteiger partial charge in [0.05, 0.1) is 18.8 Å². The van der Waals surface area contributed by atoms with Crippen LogP contribution in [0, 0.1) is 0 Å². The van der Waals surface area contributed by atoms with Crippen LogP contribution in [0.5, 0.6) is 11.5 Å². The van der Waals surface area contributed by atoms with Crippen LogP contribution < -0.4 is 15.0 Å². The fraction of sp³-hybridized carbons (Fsp3) is 0.120. The lowest BCUT2D eigenvalue weighted by Gasteiger charge is -2.29. The molecule has 2 aromatic heterocycles. The second-order valence-electron chi connectivity index (χ2n) is 7.51. The summed E-state index contributed by atoms with van der Waals surface area (Å²) in [6.07, 6.45) is 3.82. The molecular weight excluding hydrogens is 420 g/mol. The van der Waals surface area contributed by atoms with E-state index in [-0.39, 0.29) is 17.8 Å². The van der Waals surface area contributed by atoms with Crippen LogP contribution in [0.3, 0.4) is 0 Å². The largest absolute Gasteiger partial charge is 0.508 e. The van der Waals surface area contributed by atoms with Crippen molar-refractivity contribution in [1.82, 2.24) is 14.9 Å². The van der Waals surface area contributed by atoms with Gasteiger partial charge in [-0.25, -0.2) is 0 Å². The number of hydrogen-bond donors (Lipinski definition) is 2. The second kappa shape index (κ2) is 8.36. The molecular formula is C25H22N4O2S. The highest BCUT2D eigenvalue weighted by molar-refractivity contribution is 7.80. The van der Waals surface area contributed by atoms with E-state index in [1.165, 1.54) is 0 Å². The molecule has 1 fully saturated rings. The smallest absolute Gasteiger partial charge is 0.174 e. The lowest BCUT2D eigenvalue weighted by atomic mass is 10.0. The lowest BCUT2D eigenvalue weighted by molar-refractivity contribution is 0.415. The molecule has 4 aromatic rings. The van der Waals surface area contributed by atoms with Crippen LogP contribution in [-0.4, -0.2) is 26.9 Å². The predicted molar refractivity (Wildman–Crippen MR) is 128 cm³/mol. The zero-order chi connectivity index (χ0) is 22.1. The minimum Gasteiger partial charge on any atom is -0.508 e. The Morgan fingerprint density at radius 2 is 1.69 bits per heavy atom. The van der Waals surface area contributed by atoms with Crippen molar-refractivity contribution in [1.29, 1.82) is 0 Å². The molecule has 1 aliphatic rings. The van der Waals surface area contributed by atoms with Gasteiger partial charge in [0, 0.05) is 29.5 Å². The number of nitrogens with one attached hydrogen (secondary N) is 1. The van der Waals surface area contributed by atoms with Gasteiger partial charge >= 0.3 is 0 Å². The molecule has 0 amide bonds. The quantitative estimate of drug-likeness (QED) is 0.435. The minimum absolute atomic E-state index is 0.142. The summed E-state index contributed by atoms with van der Waals surface area (Å²) in [5.41, 5.74) is 3.88. The summed E-state index contributed by atoms with van der Waals surface area (Å²) < 4.78 is 7.45. The Kier molecular flexibility index (Phi) is 5.25. The molecule has 0 radical (unpaired) electrons. The van der Waals surface area contributed by atoms with Gasteiger partial charge in [-0.05, 0) is 85.0 Å². The van der Waals surface area contributed by atoms with E-state index >= 15 is 0 Å². The first-order valence-corrected chi connectivity index (χ1v) is 10.7. The van der Waals surface area contributed by atoms with Crippen molar-refractivity contribution < 1.29 is 9.84 Å². The molecule has 160 valence electrons. The molecule has 6 nitrogen and oxygen atoms in total. The summed E-state index contributed by atoms with van der Waals surface area (Å²) in [5.74, 6) is 1.02. The van der Waals surface area contributed by atoms with E-state index in [9.17, 15) is 5.11 Å². The van der Waals surface area contributed by atoms with E-state index in [0.717, 1.165) is 28.5 Å². The molecule has 2 atom stereocenters.